The van der Waals surface area contributed by atoms with Gasteiger partial charge in [-0.15, -0.1) is 0 Å². The average molecular weight is 300 g/mol. The normalized spacial score (nSPS) is 24.5. The molecule has 1 atom stereocenters. The Labute approximate surface area is 136 Å². The molecule has 2 heteroatoms. The van der Waals surface area contributed by atoms with Gasteiger partial charge >= 0.3 is 0 Å². The van der Waals surface area contributed by atoms with Crippen molar-refractivity contribution in [2.45, 2.75) is 77.4 Å². The molecule has 1 saturated carbocycles. The van der Waals surface area contributed by atoms with Crippen molar-refractivity contribution in [1.29, 1.82) is 0 Å². The van der Waals surface area contributed by atoms with Crippen LogP contribution in [0.1, 0.15) is 61.6 Å². The number of aryl methyl sites for hydroxylation is 2. The van der Waals surface area contributed by atoms with Crippen molar-refractivity contribution in [2.24, 2.45) is 0 Å². The predicted molar refractivity (Wildman–Crippen MR) is 94.2 cm³/mol. The Balaban J connectivity index is 1.53. The molecule has 2 nitrogen and oxygen atoms in total. The van der Waals surface area contributed by atoms with E-state index < -0.39 is 0 Å². The van der Waals surface area contributed by atoms with Gasteiger partial charge in [0.25, 0.3) is 0 Å². The number of hydrogen-bond donors (Lipinski definition) is 1. The molecule has 1 unspecified atom stereocenters. The summed E-state index contributed by atoms with van der Waals surface area (Å²) in [6, 6.07) is 8.40. The molecule has 1 heterocycles. The fraction of sp³-hybridized carbons (Fsp3) is 0.700. The summed E-state index contributed by atoms with van der Waals surface area (Å²) in [5.74, 6) is 0. The first kappa shape index (κ1) is 16.0. The lowest BCUT2D eigenvalue weighted by molar-refractivity contribution is 0.169. The zero-order valence-corrected chi connectivity index (χ0v) is 14.4. The monoisotopic (exact) mass is 300 g/mol. The molecule has 1 aliphatic carbocycles. The van der Waals surface area contributed by atoms with Crippen LogP contribution in [0.3, 0.4) is 0 Å². The van der Waals surface area contributed by atoms with Crippen molar-refractivity contribution in [3.8, 4) is 0 Å². The molecule has 0 amide bonds. The van der Waals surface area contributed by atoms with E-state index in [0.29, 0.717) is 6.04 Å². The Morgan fingerprint density at radius 3 is 2.55 bits per heavy atom. The molecule has 1 aliphatic heterocycles. The molecule has 1 saturated heterocycles. The van der Waals surface area contributed by atoms with Crippen LogP contribution in [0.4, 0.5) is 0 Å². The number of benzene rings is 1. The van der Waals surface area contributed by atoms with Gasteiger partial charge in [0.1, 0.15) is 0 Å². The van der Waals surface area contributed by atoms with Gasteiger partial charge in [0, 0.05) is 25.2 Å². The molecule has 0 spiro atoms. The van der Waals surface area contributed by atoms with E-state index in [1.165, 1.54) is 74.7 Å². The molecule has 3 rings (SSSR count). The summed E-state index contributed by atoms with van der Waals surface area (Å²) in [5, 5.41) is 3.96. The molecule has 122 valence electrons. The highest BCUT2D eigenvalue weighted by Crippen LogP contribution is 2.21. The highest BCUT2D eigenvalue weighted by Gasteiger charge is 2.23. The van der Waals surface area contributed by atoms with Crippen LogP contribution in [0, 0.1) is 13.8 Å². The van der Waals surface area contributed by atoms with Crippen LogP contribution in [0.2, 0.25) is 0 Å². The minimum absolute atomic E-state index is 0.711. The van der Waals surface area contributed by atoms with Gasteiger partial charge in [0.2, 0.25) is 0 Å². The maximum atomic E-state index is 3.96. The van der Waals surface area contributed by atoms with Gasteiger partial charge in [-0.3, -0.25) is 4.90 Å². The Kier molecular flexibility index (Phi) is 5.54. The van der Waals surface area contributed by atoms with Crippen molar-refractivity contribution in [2.75, 3.05) is 13.1 Å². The Bertz CT molecular complexity index is 477. The Morgan fingerprint density at radius 2 is 1.77 bits per heavy atom. The summed E-state index contributed by atoms with van der Waals surface area (Å²) < 4.78 is 0. The number of hydrogen-bond acceptors (Lipinski definition) is 2. The third kappa shape index (κ3) is 4.33. The lowest BCUT2D eigenvalue weighted by Crippen LogP contribution is -2.49. The molecule has 2 aliphatic rings. The van der Waals surface area contributed by atoms with Crippen LogP contribution in [0.15, 0.2) is 18.2 Å². The first-order valence-electron chi connectivity index (χ1n) is 9.25. The van der Waals surface area contributed by atoms with Crippen LogP contribution in [0.5, 0.6) is 0 Å². The first-order valence-corrected chi connectivity index (χ1v) is 9.25. The van der Waals surface area contributed by atoms with E-state index in [4.69, 9.17) is 0 Å². The van der Waals surface area contributed by atoms with Crippen LogP contribution in [-0.2, 0) is 6.54 Å². The van der Waals surface area contributed by atoms with Gasteiger partial charge in [-0.2, -0.15) is 0 Å². The molecule has 0 aromatic heterocycles. The molecule has 0 radical (unpaired) electrons. The average Bonchev–Trinajstić information content (AvgIpc) is 2.52. The summed E-state index contributed by atoms with van der Waals surface area (Å²) in [6.45, 7) is 8.04. The molecule has 2 fully saturated rings. The SMILES string of the molecule is Cc1ccc(CN2CCCC(NC3CCCCC3)C2)c(C)c1. The highest BCUT2D eigenvalue weighted by atomic mass is 15.2. The standard InChI is InChI=1S/C20H32N2/c1-16-10-11-18(17(2)13-16)14-22-12-6-9-20(15-22)21-19-7-4-3-5-8-19/h10-11,13,19-21H,3-9,12,14-15H2,1-2H3. The summed E-state index contributed by atoms with van der Waals surface area (Å²) >= 11 is 0. The van der Waals surface area contributed by atoms with E-state index in [1.807, 2.05) is 0 Å². The third-order valence-corrected chi connectivity index (χ3v) is 5.47. The quantitative estimate of drug-likeness (QED) is 0.897. The lowest BCUT2D eigenvalue weighted by Gasteiger charge is -2.36. The van der Waals surface area contributed by atoms with Gasteiger partial charge in [-0.25, -0.2) is 0 Å². The smallest absolute Gasteiger partial charge is 0.0237 e. The van der Waals surface area contributed by atoms with E-state index in [2.05, 4.69) is 42.3 Å². The van der Waals surface area contributed by atoms with Gasteiger partial charge < -0.3 is 5.32 Å². The molecular weight excluding hydrogens is 268 g/mol. The molecule has 22 heavy (non-hydrogen) atoms. The fourth-order valence-electron chi connectivity index (χ4n) is 4.20. The van der Waals surface area contributed by atoms with Crippen LogP contribution < -0.4 is 5.32 Å². The van der Waals surface area contributed by atoms with E-state index in [9.17, 15) is 0 Å². The minimum atomic E-state index is 0.711. The molecule has 1 aromatic rings. The summed E-state index contributed by atoms with van der Waals surface area (Å²) in [5.41, 5.74) is 4.32. The minimum Gasteiger partial charge on any atom is -0.310 e. The number of rotatable bonds is 4. The van der Waals surface area contributed by atoms with Crippen molar-refractivity contribution < 1.29 is 0 Å². The summed E-state index contributed by atoms with van der Waals surface area (Å²) in [6.07, 6.45) is 9.80. The zero-order valence-electron chi connectivity index (χ0n) is 14.4. The van der Waals surface area contributed by atoms with Gasteiger partial charge in [-0.05, 0) is 57.2 Å². The second-order valence-corrected chi connectivity index (χ2v) is 7.51. The summed E-state index contributed by atoms with van der Waals surface area (Å²) in [4.78, 5) is 2.65. The second-order valence-electron chi connectivity index (χ2n) is 7.51. The lowest BCUT2D eigenvalue weighted by atomic mass is 9.93. The number of nitrogens with zero attached hydrogens (tertiary/aromatic N) is 1. The Morgan fingerprint density at radius 1 is 1.00 bits per heavy atom. The van der Waals surface area contributed by atoms with Crippen molar-refractivity contribution in [1.82, 2.24) is 10.2 Å². The number of nitrogens with one attached hydrogen (secondary N) is 1. The van der Waals surface area contributed by atoms with Crippen molar-refractivity contribution in [3.05, 3.63) is 34.9 Å². The largest absolute Gasteiger partial charge is 0.310 e. The van der Waals surface area contributed by atoms with E-state index in [0.717, 1.165) is 12.6 Å². The number of piperidine rings is 1. The van der Waals surface area contributed by atoms with Crippen molar-refractivity contribution in [3.63, 3.8) is 0 Å². The van der Waals surface area contributed by atoms with Crippen LogP contribution >= 0.6 is 0 Å². The fourth-order valence-corrected chi connectivity index (χ4v) is 4.20. The zero-order chi connectivity index (χ0) is 15.4. The van der Waals surface area contributed by atoms with E-state index >= 15 is 0 Å². The molecule has 1 aromatic carbocycles. The topological polar surface area (TPSA) is 15.3 Å². The maximum Gasteiger partial charge on any atom is 0.0237 e. The van der Waals surface area contributed by atoms with E-state index in [1.54, 1.807) is 0 Å². The molecule has 0 bridgehead atoms. The molecule has 1 N–H and O–H groups in total. The van der Waals surface area contributed by atoms with Gasteiger partial charge in [0.15, 0.2) is 0 Å². The van der Waals surface area contributed by atoms with Crippen molar-refractivity contribution >= 4 is 0 Å². The highest BCUT2D eigenvalue weighted by molar-refractivity contribution is 5.30. The molecular formula is C20H32N2. The van der Waals surface area contributed by atoms with Crippen LogP contribution in [0.25, 0.3) is 0 Å². The number of likely N-dealkylation sites (tertiary alicyclic amines) is 1. The maximum absolute atomic E-state index is 3.96. The van der Waals surface area contributed by atoms with Crippen LogP contribution in [-0.4, -0.2) is 30.1 Å². The summed E-state index contributed by atoms with van der Waals surface area (Å²) in [7, 11) is 0. The Hall–Kier alpha value is -0.860. The third-order valence-electron chi connectivity index (χ3n) is 5.47. The second kappa shape index (κ2) is 7.61. The van der Waals surface area contributed by atoms with Gasteiger partial charge in [0.05, 0.1) is 0 Å². The first-order chi connectivity index (χ1) is 10.7. The van der Waals surface area contributed by atoms with E-state index in [-0.39, 0.29) is 0 Å². The predicted octanol–water partition coefficient (Wildman–Crippen LogP) is 4.19. The van der Waals surface area contributed by atoms with Gasteiger partial charge in [-0.1, -0.05) is 43.0 Å².